The van der Waals surface area contributed by atoms with Gasteiger partial charge in [0.05, 0.1) is 32.4 Å². The SMILES string of the molecule is CCOc1cc(C=C2N=C(c3ccc(OC)c(OC)c3)OC2=O)cc(Br)c1OC. The van der Waals surface area contributed by atoms with Gasteiger partial charge in [-0.15, -0.1) is 0 Å². The molecule has 0 spiro atoms. The Morgan fingerprint density at radius 2 is 1.79 bits per heavy atom. The Balaban J connectivity index is 1.97. The maximum absolute atomic E-state index is 12.3. The first-order chi connectivity index (χ1) is 14.0. The van der Waals surface area contributed by atoms with Crippen LogP contribution in [-0.4, -0.2) is 39.8 Å². The molecular weight excluding hydrogens is 442 g/mol. The predicted octanol–water partition coefficient (Wildman–Crippen LogP) is 4.22. The zero-order valence-corrected chi connectivity index (χ0v) is 18.0. The first kappa shape index (κ1) is 20.7. The topological polar surface area (TPSA) is 75.6 Å². The minimum Gasteiger partial charge on any atom is -0.493 e. The number of hydrogen-bond acceptors (Lipinski definition) is 7. The highest BCUT2D eigenvalue weighted by atomic mass is 79.9. The second-order valence-corrected chi connectivity index (χ2v) is 6.73. The number of hydrogen-bond donors (Lipinski definition) is 0. The molecule has 0 amide bonds. The summed E-state index contributed by atoms with van der Waals surface area (Å²) in [4.78, 5) is 16.7. The molecule has 0 unspecified atom stereocenters. The number of aliphatic imine (C=N–C) groups is 1. The summed E-state index contributed by atoms with van der Waals surface area (Å²) in [7, 11) is 4.65. The summed E-state index contributed by atoms with van der Waals surface area (Å²) in [6.07, 6.45) is 1.63. The van der Waals surface area contributed by atoms with Crippen molar-refractivity contribution in [2.45, 2.75) is 6.92 Å². The van der Waals surface area contributed by atoms with Crippen molar-refractivity contribution in [1.82, 2.24) is 0 Å². The molecule has 0 saturated carbocycles. The quantitative estimate of drug-likeness (QED) is 0.453. The van der Waals surface area contributed by atoms with E-state index in [4.69, 9.17) is 23.7 Å². The van der Waals surface area contributed by atoms with Gasteiger partial charge in [0.15, 0.2) is 28.7 Å². The highest BCUT2D eigenvalue weighted by molar-refractivity contribution is 9.10. The third-order valence-electron chi connectivity index (χ3n) is 4.09. The van der Waals surface area contributed by atoms with Gasteiger partial charge in [0.25, 0.3) is 0 Å². The summed E-state index contributed by atoms with van der Waals surface area (Å²) in [5.74, 6) is 1.88. The van der Waals surface area contributed by atoms with Crippen LogP contribution in [0.5, 0.6) is 23.0 Å². The number of carbonyl (C=O) groups excluding carboxylic acids is 1. The van der Waals surface area contributed by atoms with E-state index in [0.29, 0.717) is 45.2 Å². The molecule has 3 rings (SSSR count). The van der Waals surface area contributed by atoms with E-state index in [1.165, 1.54) is 7.11 Å². The van der Waals surface area contributed by atoms with Crippen molar-refractivity contribution in [3.63, 3.8) is 0 Å². The maximum atomic E-state index is 12.3. The van der Waals surface area contributed by atoms with Crippen LogP contribution in [0.3, 0.4) is 0 Å². The van der Waals surface area contributed by atoms with E-state index < -0.39 is 5.97 Å². The lowest BCUT2D eigenvalue weighted by atomic mass is 10.1. The van der Waals surface area contributed by atoms with Gasteiger partial charge < -0.3 is 23.7 Å². The molecule has 0 aromatic heterocycles. The van der Waals surface area contributed by atoms with Crippen molar-refractivity contribution in [3.05, 3.63) is 51.6 Å². The summed E-state index contributed by atoms with van der Waals surface area (Å²) in [5.41, 5.74) is 1.49. The summed E-state index contributed by atoms with van der Waals surface area (Å²) in [6.45, 7) is 2.36. The Morgan fingerprint density at radius 1 is 1.03 bits per heavy atom. The second kappa shape index (κ2) is 9.00. The highest BCUT2D eigenvalue weighted by Crippen LogP contribution is 2.37. The number of esters is 1. The van der Waals surface area contributed by atoms with E-state index in [2.05, 4.69) is 20.9 Å². The van der Waals surface area contributed by atoms with E-state index in [0.717, 1.165) is 0 Å². The Bertz CT molecular complexity index is 999. The van der Waals surface area contributed by atoms with Crippen LogP contribution >= 0.6 is 15.9 Å². The fourth-order valence-electron chi connectivity index (χ4n) is 2.79. The lowest BCUT2D eigenvalue weighted by Crippen LogP contribution is -2.06. The molecule has 8 heteroatoms. The molecule has 0 fully saturated rings. The van der Waals surface area contributed by atoms with Crippen molar-refractivity contribution in [3.8, 4) is 23.0 Å². The molecule has 0 atom stereocenters. The van der Waals surface area contributed by atoms with Gasteiger partial charge in [0, 0.05) is 5.56 Å². The van der Waals surface area contributed by atoms with Crippen LogP contribution in [0.2, 0.25) is 0 Å². The third-order valence-corrected chi connectivity index (χ3v) is 4.68. The molecule has 0 radical (unpaired) electrons. The highest BCUT2D eigenvalue weighted by Gasteiger charge is 2.25. The summed E-state index contributed by atoms with van der Waals surface area (Å²) in [5, 5.41) is 0. The van der Waals surface area contributed by atoms with Gasteiger partial charge in [-0.25, -0.2) is 9.79 Å². The van der Waals surface area contributed by atoms with Gasteiger partial charge in [0.1, 0.15) is 0 Å². The Morgan fingerprint density at radius 3 is 2.45 bits per heavy atom. The summed E-state index contributed by atoms with van der Waals surface area (Å²) < 4.78 is 27.5. The van der Waals surface area contributed by atoms with Crippen LogP contribution in [0.15, 0.2) is 45.5 Å². The molecule has 152 valence electrons. The average molecular weight is 462 g/mol. The number of benzene rings is 2. The number of ether oxygens (including phenoxy) is 5. The molecule has 1 aliphatic heterocycles. The molecular formula is C21H20BrNO6. The minimum absolute atomic E-state index is 0.175. The fraction of sp³-hybridized carbons (Fsp3) is 0.238. The number of cyclic esters (lactones) is 1. The fourth-order valence-corrected chi connectivity index (χ4v) is 3.41. The lowest BCUT2D eigenvalue weighted by Gasteiger charge is -2.12. The zero-order valence-electron chi connectivity index (χ0n) is 16.4. The van der Waals surface area contributed by atoms with Crippen molar-refractivity contribution < 1.29 is 28.5 Å². The van der Waals surface area contributed by atoms with E-state index in [1.807, 2.05) is 13.0 Å². The number of methoxy groups -OCH3 is 3. The van der Waals surface area contributed by atoms with E-state index >= 15 is 0 Å². The van der Waals surface area contributed by atoms with E-state index in [-0.39, 0.29) is 11.6 Å². The summed E-state index contributed by atoms with van der Waals surface area (Å²) in [6, 6.07) is 8.75. The van der Waals surface area contributed by atoms with Crippen molar-refractivity contribution in [2.75, 3.05) is 27.9 Å². The smallest absolute Gasteiger partial charge is 0.363 e. The lowest BCUT2D eigenvalue weighted by molar-refractivity contribution is -0.129. The Labute approximate surface area is 177 Å². The van der Waals surface area contributed by atoms with Crippen LogP contribution in [-0.2, 0) is 9.53 Å². The second-order valence-electron chi connectivity index (χ2n) is 5.87. The van der Waals surface area contributed by atoms with Gasteiger partial charge in [-0.2, -0.15) is 0 Å². The Kier molecular flexibility index (Phi) is 6.43. The first-order valence-electron chi connectivity index (χ1n) is 8.76. The molecule has 1 aliphatic rings. The van der Waals surface area contributed by atoms with Gasteiger partial charge in [0.2, 0.25) is 5.90 Å². The molecule has 7 nitrogen and oxygen atoms in total. The number of carbonyl (C=O) groups is 1. The predicted molar refractivity (Wildman–Crippen MR) is 112 cm³/mol. The number of nitrogens with zero attached hydrogens (tertiary/aromatic N) is 1. The average Bonchev–Trinajstić information content (AvgIpc) is 3.08. The molecule has 29 heavy (non-hydrogen) atoms. The standard InChI is InChI=1S/C21H20BrNO6/c1-5-28-18-10-12(8-14(22)19(18)27-4)9-15-21(24)29-20(23-15)13-6-7-16(25-2)17(11-13)26-3/h6-11H,5H2,1-4H3. The van der Waals surface area contributed by atoms with Gasteiger partial charge in [-0.3, -0.25) is 0 Å². The third kappa shape index (κ3) is 4.37. The molecule has 2 aromatic carbocycles. The zero-order chi connectivity index (χ0) is 21.0. The van der Waals surface area contributed by atoms with Crippen LogP contribution < -0.4 is 18.9 Å². The van der Waals surface area contributed by atoms with Gasteiger partial charge >= 0.3 is 5.97 Å². The van der Waals surface area contributed by atoms with Crippen LogP contribution in [0, 0.1) is 0 Å². The summed E-state index contributed by atoms with van der Waals surface area (Å²) >= 11 is 3.46. The first-order valence-corrected chi connectivity index (χ1v) is 9.55. The van der Waals surface area contributed by atoms with Crippen LogP contribution in [0.25, 0.3) is 6.08 Å². The monoisotopic (exact) mass is 461 g/mol. The molecule has 0 bridgehead atoms. The molecule has 1 heterocycles. The molecule has 0 aliphatic carbocycles. The van der Waals surface area contributed by atoms with E-state index in [1.54, 1.807) is 44.6 Å². The van der Waals surface area contributed by atoms with Gasteiger partial charge in [-0.1, -0.05) is 0 Å². The van der Waals surface area contributed by atoms with Crippen molar-refractivity contribution in [2.24, 2.45) is 4.99 Å². The van der Waals surface area contributed by atoms with Crippen LogP contribution in [0.1, 0.15) is 18.1 Å². The number of rotatable bonds is 7. The van der Waals surface area contributed by atoms with Crippen molar-refractivity contribution in [1.29, 1.82) is 0 Å². The van der Waals surface area contributed by atoms with Crippen molar-refractivity contribution >= 4 is 33.9 Å². The number of halogens is 1. The largest absolute Gasteiger partial charge is 0.493 e. The molecule has 0 saturated heterocycles. The van der Waals surface area contributed by atoms with Gasteiger partial charge in [-0.05, 0) is 64.8 Å². The molecule has 2 aromatic rings. The Hall–Kier alpha value is -3.00. The molecule has 0 N–H and O–H groups in total. The van der Waals surface area contributed by atoms with Crippen LogP contribution in [0.4, 0.5) is 0 Å². The maximum Gasteiger partial charge on any atom is 0.363 e. The normalized spacial score (nSPS) is 14.4. The minimum atomic E-state index is -0.542. The van der Waals surface area contributed by atoms with E-state index in [9.17, 15) is 4.79 Å².